The van der Waals surface area contributed by atoms with Crippen LogP contribution in [0.1, 0.15) is 35.1 Å². The Balaban J connectivity index is 1.40. The number of nitrogens with one attached hydrogen (secondary N) is 2. The molecular formula is C30H39BrN8O3S. The summed E-state index contributed by atoms with van der Waals surface area (Å²) in [6.07, 6.45) is 2.43. The van der Waals surface area contributed by atoms with Gasteiger partial charge in [0.1, 0.15) is 11.3 Å². The van der Waals surface area contributed by atoms with Gasteiger partial charge in [0.2, 0.25) is 10.0 Å². The van der Waals surface area contributed by atoms with Gasteiger partial charge >= 0.3 is 0 Å². The van der Waals surface area contributed by atoms with Crippen LogP contribution in [0.25, 0.3) is 28.2 Å². The van der Waals surface area contributed by atoms with Crippen LogP contribution in [-0.4, -0.2) is 107 Å². The molecule has 4 aromatic rings. The van der Waals surface area contributed by atoms with E-state index in [2.05, 4.69) is 46.7 Å². The molecule has 1 aliphatic rings. The number of hydrogen-bond acceptors (Lipinski definition) is 7. The van der Waals surface area contributed by atoms with Crippen molar-refractivity contribution in [1.29, 1.82) is 0 Å². The zero-order valence-corrected chi connectivity index (χ0v) is 27.9. The fraction of sp³-hybridized carbons (Fsp3) is 0.433. The molecule has 0 saturated carbocycles. The number of nitrogens with zero attached hydrogens (tertiary/aromatic N) is 6. The second-order valence-electron chi connectivity index (χ2n) is 11.4. The number of halogens is 1. The summed E-state index contributed by atoms with van der Waals surface area (Å²) >= 11 is 3.62. The lowest BCUT2D eigenvalue weighted by Crippen LogP contribution is -2.33. The molecule has 0 spiro atoms. The van der Waals surface area contributed by atoms with Crippen molar-refractivity contribution in [1.82, 2.24) is 33.6 Å². The Hall–Kier alpha value is -3.26. The molecular weight excluding hydrogens is 632 g/mol. The molecule has 0 aliphatic carbocycles. The number of benzene rings is 1. The van der Waals surface area contributed by atoms with Crippen LogP contribution >= 0.6 is 15.9 Å². The van der Waals surface area contributed by atoms with Crippen molar-refractivity contribution < 1.29 is 13.2 Å². The van der Waals surface area contributed by atoms with Crippen molar-refractivity contribution in [2.24, 2.45) is 0 Å². The summed E-state index contributed by atoms with van der Waals surface area (Å²) in [7, 11) is 2.59. The minimum Gasteiger partial charge on any atom is -0.378 e. The van der Waals surface area contributed by atoms with Gasteiger partial charge in [-0.3, -0.25) is 4.79 Å². The molecule has 43 heavy (non-hydrogen) atoms. The van der Waals surface area contributed by atoms with Crippen LogP contribution in [0.3, 0.4) is 0 Å². The molecule has 4 heterocycles. The number of pyridine rings is 1. The third-order valence-corrected chi connectivity index (χ3v) is 10.5. The molecule has 0 unspecified atom stereocenters. The molecule has 11 nitrogen and oxygen atoms in total. The summed E-state index contributed by atoms with van der Waals surface area (Å²) < 4.78 is 29.2. The van der Waals surface area contributed by atoms with Crippen LogP contribution in [0.4, 0.5) is 5.69 Å². The summed E-state index contributed by atoms with van der Waals surface area (Å²) in [6.45, 7) is 8.16. The highest BCUT2D eigenvalue weighted by Gasteiger charge is 2.31. The van der Waals surface area contributed by atoms with E-state index >= 15 is 0 Å². The molecule has 13 heteroatoms. The monoisotopic (exact) mass is 670 g/mol. The van der Waals surface area contributed by atoms with Crippen molar-refractivity contribution in [3.8, 4) is 17.1 Å². The number of hydrogen-bond donors (Lipinski definition) is 2. The van der Waals surface area contributed by atoms with Crippen LogP contribution in [0.5, 0.6) is 0 Å². The van der Waals surface area contributed by atoms with Crippen molar-refractivity contribution in [3.63, 3.8) is 0 Å². The summed E-state index contributed by atoms with van der Waals surface area (Å²) in [5.74, 6) is 0.790. The van der Waals surface area contributed by atoms with E-state index in [1.54, 1.807) is 22.3 Å². The first-order chi connectivity index (χ1) is 20.4. The maximum Gasteiger partial charge on any atom is 0.253 e. The number of aryl methyl sites for hydroxylation is 1. The van der Waals surface area contributed by atoms with E-state index in [1.807, 2.05) is 59.3 Å². The number of sulfonamides is 1. The number of H-pyrrole nitrogens is 1. The molecule has 230 valence electrons. The average molecular weight is 672 g/mol. The first kappa shape index (κ1) is 31.2. The van der Waals surface area contributed by atoms with Gasteiger partial charge in [-0.2, -0.15) is 4.31 Å². The number of carbonyl (C=O) groups excluding carboxylic acids is 1. The smallest absolute Gasteiger partial charge is 0.253 e. The van der Waals surface area contributed by atoms with Crippen molar-refractivity contribution in [2.75, 3.05) is 58.4 Å². The summed E-state index contributed by atoms with van der Waals surface area (Å²) in [5, 5.41) is 3.53. The Morgan fingerprint density at radius 1 is 1.16 bits per heavy atom. The number of amides is 1. The van der Waals surface area contributed by atoms with E-state index in [1.165, 1.54) is 0 Å². The first-order valence-electron chi connectivity index (χ1n) is 14.4. The molecule has 0 radical (unpaired) electrons. The van der Waals surface area contributed by atoms with Crippen LogP contribution in [0.2, 0.25) is 0 Å². The van der Waals surface area contributed by atoms with Crippen LogP contribution in [0, 0.1) is 13.8 Å². The molecule has 0 bridgehead atoms. The maximum atomic E-state index is 12.9. The number of aromatic nitrogens is 4. The van der Waals surface area contributed by atoms with E-state index in [0.717, 1.165) is 44.9 Å². The molecule has 1 amide bonds. The highest BCUT2D eigenvalue weighted by atomic mass is 79.9. The lowest BCUT2D eigenvalue weighted by atomic mass is 10.1. The van der Waals surface area contributed by atoms with Gasteiger partial charge in [-0.25, -0.2) is 18.4 Å². The van der Waals surface area contributed by atoms with Crippen molar-refractivity contribution >= 4 is 48.7 Å². The van der Waals surface area contributed by atoms with Gasteiger partial charge in [-0.1, -0.05) is 0 Å². The van der Waals surface area contributed by atoms with Gasteiger partial charge in [0.15, 0.2) is 5.65 Å². The highest BCUT2D eigenvalue weighted by Crippen LogP contribution is 2.34. The number of fused-ring (bicyclic) bond motifs is 1. The number of carbonyl (C=O) groups is 1. The number of likely N-dealkylation sites (N-methyl/N-ethyl adjacent to an activating group) is 2. The number of rotatable bonds is 10. The van der Waals surface area contributed by atoms with Gasteiger partial charge in [-0.15, -0.1) is 0 Å². The van der Waals surface area contributed by atoms with Gasteiger partial charge in [0, 0.05) is 73.7 Å². The number of aromatic amines is 1. The third kappa shape index (κ3) is 6.35. The van der Waals surface area contributed by atoms with Gasteiger partial charge in [-0.05, 0) is 87.5 Å². The van der Waals surface area contributed by atoms with Crippen LogP contribution in [0.15, 0.2) is 41.0 Å². The lowest BCUT2D eigenvalue weighted by molar-refractivity contribution is 0.0786. The fourth-order valence-electron chi connectivity index (χ4n) is 5.51. The zero-order chi connectivity index (χ0) is 31.1. The normalized spacial score (nSPS) is 16.0. The van der Waals surface area contributed by atoms with E-state index in [0.29, 0.717) is 43.1 Å². The molecule has 1 saturated heterocycles. The van der Waals surface area contributed by atoms with Gasteiger partial charge in [0.25, 0.3) is 5.91 Å². The summed E-state index contributed by atoms with van der Waals surface area (Å²) in [6, 6.07) is 9.76. The first-order valence-corrected chi connectivity index (χ1v) is 16.8. The molecule has 1 fully saturated rings. The van der Waals surface area contributed by atoms with Crippen LogP contribution in [-0.2, 0) is 10.0 Å². The van der Waals surface area contributed by atoms with Crippen LogP contribution < -0.4 is 5.32 Å². The van der Waals surface area contributed by atoms with E-state index in [-0.39, 0.29) is 17.7 Å². The van der Waals surface area contributed by atoms with Gasteiger partial charge < -0.3 is 24.7 Å². The Morgan fingerprint density at radius 3 is 2.56 bits per heavy atom. The molecule has 1 atom stereocenters. The molecule has 5 rings (SSSR count). The Bertz CT molecular complexity index is 1750. The molecule has 2 N–H and O–H groups in total. The Kier molecular flexibility index (Phi) is 8.98. The minimum absolute atomic E-state index is 0.00214. The van der Waals surface area contributed by atoms with E-state index in [9.17, 15) is 13.2 Å². The number of anilines is 1. The predicted molar refractivity (Wildman–Crippen MR) is 174 cm³/mol. The minimum atomic E-state index is -3.23. The SMILES string of the molecule is CCS(=O)(=O)N1CC[C@H](Nc2c(Br)cnc3nc(-c4cc(C)n(-c5ccc(C(=O)N(C)CCN(C)C)cc5)c4C)[nH]c23)C1. The Morgan fingerprint density at radius 2 is 1.88 bits per heavy atom. The highest BCUT2D eigenvalue weighted by molar-refractivity contribution is 9.10. The standard InChI is InChI=1S/C30H39BrN8O3S/c1-7-43(41,42)38-13-12-22(18-38)33-26-25(31)17-32-29-27(26)34-28(35-29)24-16-19(2)39(20(24)3)23-10-8-21(9-11-23)30(40)37(6)15-14-36(4)5/h8-11,16-17,22H,7,12-15,18H2,1-6H3,(H2,32,33,34,35)/t22-/m0/s1. The molecule has 3 aromatic heterocycles. The average Bonchev–Trinajstić information content (AvgIpc) is 3.70. The predicted octanol–water partition coefficient (Wildman–Crippen LogP) is 4.26. The van der Waals surface area contributed by atoms with E-state index < -0.39 is 10.0 Å². The second-order valence-corrected chi connectivity index (χ2v) is 14.5. The van der Waals surface area contributed by atoms with E-state index in [4.69, 9.17) is 4.98 Å². The van der Waals surface area contributed by atoms with Crippen molar-refractivity contribution in [2.45, 2.75) is 33.2 Å². The largest absolute Gasteiger partial charge is 0.378 e. The third-order valence-electron chi connectivity index (χ3n) is 8.02. The lowest BCUT2D eigenvalue weighted by Gasteiger charge is -2.20. The van der Waals surface area contributed by atoms with Gasteiger partial charge in [0.05, 0.1) is 15.9 Å². The topological polar surface area (TPSA) is 119 Å². The molecule has 1 aromatic carbocycles. The summed E-state index contributed by atoms with van der Waals surface area (Å²) in [4.78, 5) is 29.5. The molecule has 1 aliphatic heterocycles. The quantitative estimate of drug-likeness (QED) is 0.259. The number of imidazole rings is 1. The maximum absolute atomic E-state index is 12.9. The summed E-state index contributed by atoms with van der Waals surface area (Å²) in [5.41, 5.74) is 6.74. The van der Waals surface area contributed by atoms with Crippen molar-refractivity contribution in [3.05, 3.63) is 58.0 Å². The fourth-order valence-corrected chi connectivity index (χ4v) is 7.08. The zero-order valence-electron chi connectivity index (χ0n) is 25.5. The Labute approximate surface area is 261 Å². The second kappa shape index (κ2) is 12.4.